The van der Waals surface area contributed by atoms with Crippen LogP contribution in [0.5, 0.6) is 0 Å². The summed E-state index contributed by atoms with van der Waals surface area (Å²) in [4.78, 5) is 32.0. The van der Waals surface area contributed by atoms with Gasteiger partial charge in [0, 0.05) is 18.8 Å². The fourth-order valence-electron chi connectivity index (χ4n) is 2.59. The van der Waals surface area contributed by atoms with Gasteiger partial charge in [-0.05, 0) is 55.9 Å². The number of aliphatic hydroxyl groups excluding tert-OH is 2. The maximum Gasteiger partial charge on any atom is 0.377 e. The highest BCUT2D eigenvalue weighted by atomic mass is 16.4. The number of carboxylic acids is 2. The number of carboxylic acid groups (broad SMARTS) is 2. The minimum absolute atomic E-state index is 0.168. The summed E-state index contributed by atoms with van der Waals surface area (Å²) in [5.74, 6) is -2.67. The van der Waals surface area contributed by atoms with Crippen LogP contribution in [0.25, 0.3) is 0 Å². The lowest BCUT2D eigenvalue weighted by molar-refractivity contribution is -0.131. The second kappa shape index (κ2) is 14.1. The number of carbonyl (C=O) groups is 3. The van der Waals surface area contributed by atoms with Crippen LogP contribution < -0.4 is 0 Å². The van der Waals surface area contributed by atoms with Crippen molar-refractivity contribution in [1.29, 1.82) is 0 Å². The average Bonchev–Trinajstić information content (AvgIpc) is 2.73. The fraction of sp³-hybridized carbons (Fsp3) is 0.375. The highest BCUT2D eigenvalue weighted by molar-refractivity contribution is 6.40. The Kier molecular flexibility index (Phi) is 12.7. The number of hydrogen-bond donors (Lipinski definition) is 4. The van der Waals surface area contributed by atoms with E-state index in [1.165, 1.54) is 0 Å². The summed E-state index contributed by atoms with van der Waals surface area (Å²) in [6.07, 6.45) is 0. The van der Waals surface area contributed by atoms with Gasteiger partial charge in [0.2, 0.25) is 0 Å². The third-order valence-electron chi connectivity index (χ3n) is 4.67. The van der Waals surface area contributed by atoms with E-state index in [1.54, 1.807) is 44.2 Å². The highest BCUT2D eigenvalue weighted by Crippen LogP contribution is 2.16. The van der Waals surface area contributed by atoms with Crippen LogP contribution in [0.2, 0.25) is 0 Å². The van der Waals surface area contributed by atoms with E-state index in [0.717, 1.165) is 16.7 Å². The molecule has 170 valence electrons. The lowest BCUT2D eigenvalue weighted by Crippen LogP contribution is -2.15. The fourth-order valence-corrected chi connectivity index (χ4v) is 2.59. The predicted octanol–water partition coefficient (Wildman–Crippen LogP) is 3.51. The molecule has 31 heavy (non-hydrogen) atoms. The number of Topliss-reactive ketones (excluding diaryl/α,β-unsaturated/α-hetero) is 1. The normalized spacial score (nSPS) is 11.7. The lowest BCUT2D eigenvalue weighted by Gasteiger charge is -2.13. The summed E-state index contributed by atoms with van der Waals surface area (Å²) in [5, 5.41) is 34.0. The van der Waals surface area contributed by atoms with E-state index < -0.39 is 17.7 Å². The smallest absolute Gasteiger partial charge is 0.377 e. The second-order valence-corrected chi connectivity index (χ2v) is 7.40. The zero-order valence-corrected chi connectivity index (χ0v) is 18.6. The highest BCUT2D eigenvalue weighted by Gasteiger charge is 2.19. The minimum atomic E-state index is -1.40. The van der Waals surface area contributed by atoms with E-state index in [4.69, 9.17) is 20.4 Å². The molecule has 0 saturated heterocycles. The van der Waals surface area contributed by atoms with Gasteiger partial charge in [-0.25, -0.2) is 9.59 Å². The maximum atomic E-state index is 11.3. The number of aliphatic carboxylic acids is 1. The number of aliphatic hydroxyl groups is 2. The summed E-state index contributed by atoms with van der Waals surface area (Å²) in [5.41, 5.74) is 3.10. The van der Waals surface area contributed by atoms with Gasteiger partial charge >= 0.3 is 11.9 Å². The van der Waals surface area contributed by atoms with Crippen molar-refractivity contribution in [2.75, 3.05) is 13.2 Å². The molecule has 2 aromatic carbocycles. The van der Waals surface area contributed by atoms with Crippen LogP contribution in [-0.2, 0) is 4.79 Å². The molecule has 0 radical (unpaired) electrons. The van der Waals surface area contributed by atoms with Crippen molar-refractivity contribution in [2.45, 2.75) is 34.6 Å². The molecule has 2 rings (SSSR count). The van der Waals surface area contributed by atoms with Gasteiger partial charge in [-0.2, -0.15) is 0 Å². The number of ketones is 1. The molecular weight excluding hydrogens is 400 g/mol. The summed E-state index contributed by atoms with van der Waals surface area (Å²) < 4.78 is 0. The van der Waals surface area contributed by atoms with E-state index in [9.17, 15) is 14.4 Å². The molecule has 0 spiro atoms. The summed E-state index contributed by atoms with van der Waals surface area (Å²) in [6.45, 7) is 9.58. The van der Waals surface area contributed by atoms with Crippen molar-refractivity contribution >= 4 is 17.7 Å². The maximum absolute atomic E-state index is 11.3. The molecule has 2 unspecified atom stereocenters. The molecule has 7 heteroatoms. The molecule has 0 amide bonds. The monoisotopic (exact) mass is 432 g/mol. The van der Waals surface area contributed by atoms with Crippen LogP contribution in [0.4, 0.5) is 0 Å². The average molecular weight is 433 g/mol. The van der Waals surface area contributed by atoms with Crippen LogP contribution in [0.15, 0.2) is 42.5 Å². The van der Waals surface area contributed by atoms with Crippen LogP contribution >= 0.6 is 0 Å². The molecule has 0 bridgehead atoms. The van der Waals surface area contributed by atoms with Gasteiger partial charge in [-0.1, -0.05) is 49.7 Å². The van der Waals surface area contributed by atoms with Gasteiger partial charge in [0.1, 0.15) is 0 Å². The molecule has 0 heterocycles. The molecule has 2 aromatic rings. The summed E-state index contributed by atoms with van der Waals surface area (Å²) >= 11 is 0. The Morgan fingerprint density at radius 2 is 1.23 bits per heavy atom. The van der Waals surface area contributed by atoms with E-state index in [-0.39, 0.29) is 25.0 Å². The van der Waals surface area contributed by atoms with Gasteiger partial charge in [-0.3, -0.25) is 4.79 Å². The number of aromatic carboxylic acids is 1. The molecule has 0 aliphatic heterocycles. The van der Waals surface area contributed by atoms with Crippen molar-refractivity contribution in [3.63, 3.8) is 0 Å². The number of benzene rings is 2. The molecule has 0 fully saturated rings. The molecule has 2 atom stereocenters. The standard InChI is InChI=1S/C11H12O3.C7H6O2.C6H14O2/c1-6-4-7(2)9(8(3)5-6)10(12)11(13)14;8-7(9)6-4-2-1-3-5-6;1-5(3-7)6(2)4-8/h4-5H,1-3H3,(H,13,14);1-5H,(H,8,9);5-8H,3-4H2,1-2H3. The SMILES string of the molecule is CC(CO)C(C)CO.Cc1cc(C)c(C(=O)C(=O)O)c(C)c1.O=C(O)c1ccccc1. The molecule has 7 nitrogen and oxygen atoms in total. The number of aryl methyl sites for hydroxylation is 3. The topological polar surface area (TPSA) is 132 Å². The Balaban J connectivity index is 0.000000461. The van der Waals surface area contributed by atoms with Crippen molar-refractivity contribution in [1.82, 2.24) is 0 Å². The van der Waals surface area contributed by atoms with Gasteiger partial charge in [0.25, 0.3) is 5.78 Å². The van der Waals surface area contributed by atoms with Crippen molar-refractivity contribution in [3.8, 4) is 0 Å². The van der Waals surface area contributed by atoms with Crippen LogP contribution in [0, 0.1) is 32.6 Å². The predicted molar refractivity (Wildman–Crippen MR) is 119 cm³/mol. The number of hydrogen-bond acceptors (Lipinski definition) is 5. The largest absolute Gasteiger partial charge is 0.478 e. The first-order valence-corrected chi connectivity index (χ1v) is 9.81. The molecule has 0 aliphatic rings. The molecule has 0 aromatic heterocycles. The molecule has 0 saturated carbocycles. The summed E-state index contributed by atoms with van der Waals surface area (Å²) in [7, 11) is 0. The van der Waals surface area contributed by atoms with Gasteiger partial charge in [0.15, 0.2) is 0 Å². The third-order valence-corrected chi connectivity index (χ3v) is 4.67. The third kappa shape index (κ3) is 10.0. The molecule has 0 aliphatic carbocycles. The summed E-state index contributed by atoms with van der Waals surface area (Å²) in [6, 6.07) is 11.9. The molecular formula is C24H32O7. The van der Waals surface area contributed by atoms with Gasteiger partial charge < -0.3 is 20.4 Å². The number of rotatable bonds is 6. The Morgan fingerprint density at radius 3 is 1.52 bits per heavy atom. The first-order valence-electron chi connectivity index (χ1n) is 9.81. The van der Waals surface area contributed by atoms with E-state index >= 15 is 0 Å². The van der Waals surface area contributed by atoms with Crippen LogP contribution in [0.3, 0.4) is 0 Å². The van der Waals surface area contributed by atoms with Crippen molar-refractivity contribution < 1.29 is 34.8 Å². The zero-order chi connectivity index (χ0) is 24.1. The van der Waals surface area contributed by atoms with E-state index in [1.807, 2.05) is 32.9 Å². The Hall–Kier alpha value is -3.03. The Morgan fingerprint density at radius 1 is 0.806 bits per heavy atom. The van der Waals surface area contributed by atoms with E-state index in [0.29, 0.717) is 11.1 Å². The first kappa shape index (κ1) is 28.0. The van der Waals surface area contributed by atoms with Crippen molar-refractivity contribution in [3.05, 3.63) is 70.3 Å². The lowest BCUT2D eigenvalue weighted by atomic mass is 9.97. The van der Waals surface area contributed by atoms with Crippen LogP contribution in [0.1, 0.15) is 51.3 Å². The Labute approximate surface area is 183 Å². The van der Waals surface area contributed by atoms with E-state index in [2.05, 4.69) is 0 Å². The number of carbonyl (C=O) groups excluding carboxylic acids is 1. The van der Waals surface area contributed by atoms with Crippen LogP contribution in [-0.4, -0.2) is 51.4 Å². The minimum Gasteiger partial charge on any atom is -0.478 e. The first-order chi connectivity index (χ1) is 14.5. The van der Waals surface area contributed by atoms with Gasteiger partial charge in [0.05, 0.1) is 5.56 Å². The van der Waals surface area contributed by atoms with Gasteiger partial charge in [-0.15, -0.1) is 0 Å². The molecule has 4 N–H and O–H groups in total. The zero-order valence-electron chi connectivity index (χ0n) is 18.6. The van der Waals surface area contributed by atoms with Crippen molar-refractivity contribution in [2.24, 2.45) is 11.8 Å². The quantitative estimate of drug-likeness (QED) is 0.406. The Bertz CT molecular complexity index is 828. The second-order valence-electron chi connectivity index (χ2n) is 7.40.